The Morgan fingerprint density at radius 3 is 1.82 bits per heavy atom. The van der Waals surface area contributed by atoms with Crippen molar-refractivity contribution in [1.29, 1.82) is 0 Å². The molecule has 270 valence electrons. The van der Waals surface area contributed by atoms with Crippen molar-refractivity contribution in [3.8, 4) is 0 Å². The van der Waals surface area contributed by atoms with Crippen LogP contribution in [0, 0.1) is 5.82 Å². The van der Waals surface area contributed by atoms with Gasteiger partial charge in [-0.15, -0.1) is 0 Å². The number of aryl methyl sites for hydroxylation is 1. The van der Waals surface area contributed by atoms with Crippen molar-refractivity contribution in [3.63, 3.8) is 0 Å². The molecule has 2 aromatic heterocycles. The predicted octanol–water partition coefficient (Wildman–Crippen LogP) is 8.29. The Balaban J connectivity index is 1.75. The number of halogens is 15. The molecule has 23 heteroatoms. The first kappa shape index (κ1) is 37.9. The van der Waals surface area contributed by atoms with Crippen molar-refractivity contribution >= 4 is 34.8 Å². The summed E-state index contributed by atoms with van der Waals surface area (Å²) in [6.07, 6.45) is -18.9. The van der Waals surface area contributed by atoms with Crippen molar-refractivity contribution in [2.45, 2.75) is 36.9 Å². The Labute approximate surface area is 273 Å². The number of hydrogen-bond acceptors (Lipinski definition) is 4. The maximum absolute atomic E-state index is 14.3. The molecule has 0 aliphatic rings. The van der Waals surface area contributed by atoms with E-state index in [1.54, 1.807) is 0 Å². The molecule has 8 nitrogen and oxygen atoms in total. The van der Waals surface area contributed by atoms with E-state index >= 15 is 0 Å². The van der Waals surface area contributed by atoms with Gasteiger partial charge in [0.15, 0.2) is 0 Å². The van der Waals surface area contributed by atoms with Crippen molar-refractivity contribution < 1.29 is 71.1 Å². The van der Waals surface area contributed by atoms with E-state index in [1.807, 2.05) is 5.32 Å². The number of hydrogen-bond donors (Lipinski definition) is 2. The largest absolute Gasteiger partial charge is 0.459 e. The fourth-order valence-corrected chi connectivity index (χ4v) is 4.53. The van der Waals surface area contributed by atoms with Crippen LogP contribution in [0.3, 0.4) is 0 Å². The van der Waals surface area contributed by atoms with Crippen LogP contribution in [0.5, 0.6) is 0 Å². The van der Waals surface area contributed by atoms with Gasteiger partial charge < -0.3 is 10.6 Å². The van der Waals surface area contributed by atoms with E-state index in [0.717, 1.165) is 30.3 Å². The SMILES string of the molecule is Cn1nc(Cn2nc(C(F)(F)C(F)(F)F)cc2C(F)(F)C(F)(F)F)c(C(F)(F)F)c1C(=O)Nc1ccc(Cl)c(C(=O)Nc2ccc(F)cc2)c1. The van der Waals surface area contributed by atoms with Crippen molar-refractivity contribution in [2.75, 3.05) is 10.6 Å². The Hall–Kier alpha value is -4.89. The summed E-state index contributed by atoms with van der Waals surface area (Å²) in [6, 6.07) is 6.31. The highest BCUT2D eigenvalue weighted by atomic mass is 35.5. The number of nitrogens with zero attached hydrogens (tertiary/aromatic N) is 4. The average Bonchev–Trinajstić information content (AvgIpc) is 3.55. The molecule has 0 unspecified atom stereocenters. The molecule has 0 saturated heterocycles. The number of amides is 2. The van der Waals surface area contributed by atoms with E-state index in [2.05, 4.69) is 15.5 Å². The summed E-state index contributed by atoms with van der Waals surface area (Å²) in [5.74, 6) is -15.6. The summed E-state index contributed by atoms with van der Waals surface area (Å²) in [5, 5.41) is 9.81. The number of rotatable bonds is 8. The number of anilines is 2. The first-order valence-electron chi connectivity index (χ1n) is 13.0. The first-order chi connectivity index (χ1) is 22.8. The summed E-state index contributed by atoms with van der Waals surface area (Å²) in [7, 11) is 0.675. The Morgan fingerprint density at radius 2 is 1.28 bits per heavy atom. The highest BCUT2D eigenvalue weighted by Crippen LogP contribution is 2.48. The Kier molecular flexibility index (Phi) is 9.69. The van der Waals surface area contributed by atoms with Crippen LogP contribution >= 0.6 is 11.6 Å². The van der Waals surface area contributed by atoms with Crippen LogP contribution in [-0.2, 0) is 31.6 Å². The van der Waals surface area contributed by atoms with E-state index in [-0.39, 0.29) is 21.0 Å². The monoisotopic (exact) mass is 756 g/mol. The number of aromatic nitrogens is 4. The van der Waals surface area contributed by atoms with Gasteiger partial charge in [0, 0.05) is 18.4 Å². The van der Waals surface area contributed by atoms with Crippen LogP contribution in [0.2, 0.25) is 5.02 Å². The fraction of sp³-hybridized carbons (Fsp3) is 0.259. The topological polar surface area (TPSA) is 93.8 Å². The lowest BCUT2D eigenvalue weighted by molar-refractivity contribution is -0.292. The molecule has 0 saturated carbocycles. The smallest absolute Gasteiger partial charge is 0.322 e. The van der Waals surface area contributed by atoms with Gasteiger partial charge in [0.25, 0.3) is 11.8 Å². The van der Waals surface area contributed by atoms with Crippen LogP contribution in [-0.4, -0.2) is 43.7 Å². The summed E-state index contributed by atoms with van der Waals surface area (Å²) in [5.41, 5.74) is -11.2. The standard InChI is InChI=1S/C27H15ClF14N6O2/c1-47-20(22(50)44-13-6-7-15(28)14(8-13)21(49)43-12-4-2-11(29)3-5-12)19(25(34,35)36)16(45-47)10-48-18(24(32,33)27(40,41)42)9-17(46-48)23(30,31)26(37,38)39/h2-9H,10H2,1H3,(H,43,49)(H,44,50). The van der Waals surface area contributed by atoms with Crippen LogP contribution in [0.25, 0.3) is 0 Å². The minimum atomic E-state index is -6.65. The van der Waals surface area contributed by atoms with Crippen LogP contribution < -0.4 is 10.6 Å². The van der Waals surface area contributed by atoms with E-state index in [9.17, 15) is 71.1 Å². The zero-order chi connectivity index (χ0) is 37.8. The molecule has 2 aromatic carbocycles. The molecule has 0 bridgehead atoms. The molecular weight excluding hydrogens is 742 g/mol. The normalized spacial score (nSPS) is 13.0. The molecule has 0 spiro atoms. The molecule has 0 aliphatic heterocycles. The predicted molar refractivity (Wildman–Crippen MR) is 143 cm³/mol. The van der Waals surface area contributed by atoms with E-state index in [4.69, 9.17) is 11.6 Å². The number of carbonyl (C=O) groups is 2. The van der Waals surface area contributed by atoms with Gasteiger partial charge >= 0.3 is 30.4 Å². The summed E-state index contributed by atoms with van der Waals surface area (Å²) in [6.45, 7) is -2.01. The molecule has 2 heterocycles. The maximum Gasteiger partial charge on any atom is 0.459 e. The van der Waals surface area contributed by atoms with Crippen LogP contribution in [0.1, 0.15) is 43.5 Å². The van der Waals surface area contributed by atoms with Crippen molar-refractivity contribution in [3.05, 3.63) is 93.3 Å². The second kappa shape index (κ2) is 12.8. The average molecular weight is 757 g/mol. The minimum Gasteiger partial charge on any atom is -0.322 e. The number of carbonyl (C=O) groups excluding carboxylic acids is 2. The second-order valence-electron chi connectivity index (χ2n) is 10.1. The quantitative estimate of drug-likeness (QED) is 0.177. The van der Waals surface area contributed by atoms with Crippen molar-refractivity contribution in [1.82, 2.24) is 19.6 Å². The molecule has 0 fully saturated rings. The molecule has 50 heavy (non-hydrogen) atoms. The van der Waals surface area contributed by atoms with E-state index < -0.39 is 99.3 Å². The lowest BCUT2D eigenvalue weighted by Crippen LogP contribution is -2.36. The van der Waals surface area contributed by atoms with Gasteiger partial charge in [-0.05, 0) is 48.5 Å². The zero-order valence-corrected chi connectivity index (χ0v) is 24.9. The van der Waals surface area contributed by atoms with Crippen LogP contribution in [0.15, 0.2) is 48.5 Å². The maximum atomic E-state index is 14.3. The third-order valence-electron chi connectivity index (χ3n) is 6.62. The van der Waals surface area contributed by atoms with Gasteiger partial charge in [-0.25, -0.2) is 4.39 Å². The minimum absolute atomic E-state index is 0.0849. The highest BCUT2D eigenvalue weighted by molar-refractivity contribution is 6.34. The number of alkyl halides is 13. The molecule has 4 rings (SSSR count). The number of benzene rings is 2. The zero-order valence-electron chi connectivity index (χ0n) is 24.1. The third kappa shape index (κ3) is 7.33. The van der Waals surface area contributed by atoms with Gasteiger partial charge in [-0.2, -0.15) is 67.3 Å². The molecule has 2 amide bonds. The van der Waals surface area contributed by atoms with Gasteiger partial charge in [0.05, 0.1) is 22.8 Å². The Morgan fingerprint density at radius 1 is 0.740 bits per heavy atom. The molecule has 0 radical (unpaired) electrons. The van der Waals surface area contributed by atoms with E-state index in [1.165, 1.54) is 12.1 Å². The summed E-state index contributed by atoms with van der Waals surface area (Å²) >= 11 is 6.02. The van der Waals surface area contributed by atoms with E-state index in [0.29, 0.717) is 7.05 Å². The molecule has 0 aliphatic carbocycles. The molecule has 0 atom stereocenters. The second-order valence-corrected chi connectivity index (χ2v) is 10.5. The van der Waals surface area contributed by atoms with Gasteiger partial charge in [-0.3, -0.25) is 19.0 Å². The molecule has 2 N–H and O–H groups in total. The van der Waals surface area contributed by atoms with Gasteiger partial charge in [0.2, 0.25) is 0 Å². The van der Waals surface area contributed by atoms with Gasteiger partial charge in [-0.1, -0.05) is 11.6 Å². The number of nitrogens with one attached hydrogen (secondary N) is 2. The first-order valence-corrected chi connectivity index (χ1v) is 13.4. The van der Waals surface area contributed by atoms with Crippen molar-refractivity contribution in [2.24, 2.45) is 7.05 Å². The Bertz CT molecular complexity index is 1930. The molecule has 4 aromatic rings. The van der Waals surface area contributed by atoms with Gasteiger partial charge in [0.1, 0.15) is 28.5 Å². The highest BCUT2D eigenvalue weighted by Gasteiger charge is 2.64. The lowest BCUT2D eigenvalue weighted by atomic mass is 10.1. The third-order valence-corrected chi connectivity index (χ3v) is 6.95. The summed E-state index contributed by atoms with van der Waals surface area (Å²) in [4.78, 5) is 25.8. The lowest BCUT2D eigenvalue weighted by Gasteiger charge is -2.20. The van der Waals surface area contributed by atoms with Crippen LogP contribution in [0.4, 0.5) is 72.8 Å². The molecular formula is C27H15ClF14N6O2. The summed E-state index contributed by atoms with van der Waals surface area (Å²) < 4.78 is 190. The fourth-order valence-electron chi connectivity index (χ4n) is 4.32.